The quantitative estimate of drug-likeness (QED) is 0.739. The van der Waals surface area contributed by atoms with E-state index in [2.05, 4.69) is 11.8 Å². The van der Waals surface area contributed by atoms with Crippen molar-refractivity contribution < 1.29 is 9.13 Å². The van der Waals surface area contributed by atoms with Crippen LogP contribution in [-0.4, -0.2) is 31.2 Å². The molecule has 0 amide bonds. The minimum absolute atomic E-state index is 0.277. The summed E-state index contributed by atoms with van der Waals surface area (Å²) >= 11 is 6.06. The molecule has 0 aliphatic carbocycles. The van der Waals surface area contributed by atoms with Crippen LogP contribution in [0.1, 0.15) is 25.3 Å². The monoisotopic (exact) mass is 285 g/mol. The van der Waals surface area contributed by atoms with Crippen molar-refractivity contribution in [3.63, 3.8) is 0 Å². The van der Waals surface area contributed by atoms with Gasteiger partial charge in [-0.25, -0.2) is 4.39 Å². The van der Waals surface area contributed by atoms with E-state index in [9.17, 15) is 4.39 Å². The molecule has 0 N–H and O–H groups in total. The lowest BCUT2D eigenvalue weighted by molar-refractivity contribution is 0.101. The standard InChI is InChI=1S/C15H21ClFNO/c1-2-7-19-11-12-5-6-18(9-12)10-13-3-4-14(17)8-15(13)16/h3-4,8,12H,2,5-7,9-11H2,1H3. The predicted octanol–water partition coefficient (Wildman–Crippen LogP) is 3.73. The lowest BCUT2D eigenvalue weighted by atomic mass is 10.1. The fourth-order valence-electron chi connectivity index (χ4n) is 2.48. The number of halogens is 2. The van der Waals surface area contributed by atoms with E-state index in [4.69, 9.17) is 16.3 Å². The molecule has 1 aliphatic heterocycles. The molecule has 0 spiro atoms. The summed E-state index contributed by atoms with van der Waals surface area (Å²) in [5.41, 5.74) is 0.998. The highest BCUT2D eigenvalue weighted by Crippen LogP contribution is 2.23. The van der Waals surface area contributed by atoms with E-state index in [0.717, 1.165) is 44.8 Å². The van der Waals surface area contributed by atoms with Crippen LogP contribution in [0, 0.1) is 11.7 Å². The minimum Gasteiger partial charge on any atom is -0.381 e. The van der Waals surface area contributed by atoms with E-state index < -0.39 is 0 Å². The summed E-state index contributed by atoms with van der Waals surface area (Å²) in [6.45, 7) is 6.72. The third-order valence-corrected chi connectivity index (χ3v) is 3.83. The number of likely N-dealkylation sites (tertiary alicyclic amines) is 1. The van der Waals surface area contributed by atoms with Crippen molar-refractivity contribution in [2.75, 3.05) is 26.3 Å². The zero-order valence-corrected chi connectivity index (χ0v) is 12.1. The van der Waals surface area contributed by atoms with Crippen molar-refractivity contribution >= 4 is 11.6 Å². The molecule has 0 bridgehead atoms. The molecule has 2 rings (SSSR count). The van der Waals surface area contributed by atoms with Crippen molar-refractivity contribution in [1.82, 2.24) is 4.90 Å². The Morgan fingerprint density at radius 2 is 2.32 bits per heavy atom. The maximum atomic E-state index is 13.0. The Hall–Kier alpha value is -0.640. The van der Waals surface area contributed by atoms with E-state index in [-0.39, 0.29) is 5.82 Å². The van der Waals surface area contributed by atoms with Gasteiger partial charge in [0.1, 0.15) is 5.82 Å². The lowest BCUT2D eigenvalue weighted by Crippen LogP contribution is -2.21. The molecule has 1 aromatic carbocycles. The van der Waals surface area contributed by atoms with Gasteiger partial charge in [-0.15, -0.1) is 0 Å². The van der Waals surface area contributed by atoms with Crippen molar-refractivity contribution in [3.8, 4) is 0 Å². The molecule has 1 atom stereocenters. The largest absolute Gasteiger partial charge is 0.381 e. The zero-order valence-electron chi connectivity index (χ0n) is 11.4. The Balaban J connectivity index is 1.81. The molecule has 4 heteroatoms. The van der Waals surface area contributed by atoms with Crippen LogP contribution in [0.2, 0.25) is 5.02 Å². The molecule has 2 nitrogen and oxygen atoms in total. The van der Waals surface area contributed by atoms with Gasteiger partial charge < -0.3 is 4.74 Å². The lowest BCUT2D eigenvalue weighted by Gasteiger charge is -2.17. The Morgan fingerprint density at radius 1 is 1.47 bits per heavy atom. The Morgan fingerprint density at radius 3 is 3.05 bits per heavy atom. The van der Waals surface area contributed by atoms with Gasteiger partial charge >= 0.3 is 0 Å². The Kier molecular flexibility index (Phi) is 5.61. The molecule has 1 fully saturated rings. The first-order valence-electron chi connectivity index (χ1n) is 6.93. The second kappa shape index (κ2) is 7.22. The van der Waals surface area contributed by atoms with Crippen molar-refractivity contribution in [2.24, 2.45) is 5.92 Å². The molecule has 1 aliphatic rings. The second-order valence-corrected chi connectivity index (χ2v) is 5.61. The van der Waals surface area contributed by atoms with Crippen LogP contribution in [0.25, 0.3) is 0 Å². The van der Waals surface area contributed by atoms with E-state index >= 15 is 0 Å². The summed E-state index contributed by atoms with van der Waals surface area (Å²) in [5.74, 6) is 0.340. The highest BCUT2D eigenvalue weighted by Gasteiger charge is 2.23. The third kappa shape index (κ3) is 4.44. The second-order valence-electron chi connectivity index (χ2n) is 5.20. The van der Waals surface area contributed by atoms with Gasteiger partial charge in [0, 0.05) is 24.7 Å². The molecule has 1 saturated heterocycles. The van der Waals surface area contributed by atoms with E-state index in [1.54, 1.807) is 6.07 Å². The van der Waals surface area contributed by atoms with Gasteiger partial charge in [0.15, 0.2) is 0 Å². The molecule has 0 radical (unpaired) electrons. The van der Waals surface area contributed by atoms with Crippen LogP contribution in [0.3, 0.4) is 0 Å². The molecule has 1 aromatic rings. The molecule has 1 unspecified atom stereocenters. The number of hydrogen-bond acceptors (Lipinski definition) is 2. The van der Waals surface area contributed by atoms with Crippen LogP contribution in [-0.2, 0) is 11.3 Å². The summed E-state index contributed by atoms with van der Waals surface area (Å²) in [4.78, 5) is 2.36. The third-order valence-electron chi connectivity index (χ3n) is 3.48. The summed E-state index contributed by atoms with van der Waals surface area (Å²) in [6, 6.07) is 4.63. The van der Waals surface area contributed by atoms with Gasteiger partial charge in [-0.05, 0) is 43.0 Å². The van der Waals surface area contributed by atoms with Gasteiger partial charge in [-0.1, -0.05) is 24.6 Å². The zero-order chi connectivity index (χ0) is 13.7. The summed E-state index contributed by atoms with van der Waals surface area (Å²) in [6.07, 6.45) is 2.24. The number of ether oxygens (including phenoxy) is 1. The molecule has 19 heavy (non-hydrogen) atoms. The first-order valence-corrected chi connectivity index (χ1v) is 7.31. The first kappa shape index (κ1) is 14.8. The van der Waals surface area contributed by atoms with Gasteiger partial charge in [0.25, 0.3) is 0 Å². The molecule has 0 aromatic heterocycles. The normalized spacial score (nSPS) is 20.1. The van der Waals surface area contributed by atoms with Gasteiger partial charge in [-0.3, -0.25) is 4.90 Å². The van der Waals surface area contributed by atoms with Gasteiger partial charge in [-0.2, -0.15) is 0 Å². The maximum Gasteiger partial charge on any atom is 0.124 e. The molecular formula is C15H21ClFNO. The van der Waals surface area contributed by atoms with Crippen LogP contribution in [0.5, 0.6) is 0 Å². The Bertz CT molecular complexity index is 413. The van der Waals surface area contributed by atoms with E-state index in [1.807, 2.05) is 0 Å². The van der Waals surface area contributed by atoms with Crippen LogP contribution in [0.4, 0.5) is 4.39 Å². The van der Waals surface area contributed by atoms with Crippen molar-refractivity contribution in [2.45, 2.75) is 26.3 Å². The molecular weight excluding hydrogens is 265 g/mol. The van der Waals surface area contributed by atoms with Crippen LogP contribution < -0.4 is 0 Å². The number of nitrogens with zero attached hydrogens (tertiary/aromatic N) is 1. The predicted molar refractivity (Wildman–Crippen MR) is 75.9 cm³/mol. The maximum absolute atomic E-state index is 13.0. The van der Waals surface area contributed by atoms with Gasteiger partial charge in [0.2, 0.25) is 0 Å². The van der Waals surface area contributed by atoms with E-state index in [1.165, 1.54) is 18.6 Å². The van der Waals surface area contributed by atoms with Crippen LogP contribution in [0.15, 0.2) is 18.2 Å². The highest BCUT2D eigenvalue weighted by molar-refractivity contribution is 6.31. The average Bonchev–Trinajstić information content (AvgIpc) is 2.81. The van der Waals surface area contributed by atoms with Gasteiger partial charge in [0.05, 0.1) is 6.61 Å². The van der Waals surface area contributed by atoms with Crippen molar-refractivity contribution in [3.05, 3.63) is 34.6 Å². The first-order chi connectivity index (χ1) is 9.19. The topological polar surface area (TPSA) is 12.5 Å². The summed E-state index contributed by atoms with van der Waals surface area (Å²) in [5, 5.41) is 0.519. The minimum atomic E-state index is -0.277. The summed E-state index contributed by atoms with van der Waals surface area (Å²) in [7, 11) is 0. The molecule has 106 valence electrons. The van der Waals surface area contributed by atoms with E-state index in [0.29, 0.717) is 10.9 Å². The average molecular weight is 286 g/mol. The smallest absolute Gasteiger partial charge is 0.124 e. The van der Waals surface area contributed by atoms with Crippen LogP contribution >= 0.6 is 11.6 Å². The number of benzene rings is 1. The SMILES string of the molecule is CCCOCC1CCN(Cc2ccc(F)cc2Cl)C1. The number of rotatable bonds is 6. The fourth-order valence-corrected chi connectivity index (χ4v) is 2.70. The van der Waals surface area contributed by atoms with Crippen molar-refractivity contribution in [1.29, 1.82) is 0 Å². The molecule has 1 heterocycles. The fraction of sp³-hybridized carbons (Fsp3) is 0.600. The Labute approximate surface area is 119 Å². The highest BCUT2D eigenvalue weighted by atomic mass is 35.5. The molecule has 0 saturated carbocycles. The number of hydrogen-bond donors (Lipinski definition) is 0. The summed E-state index contributed by atoms with van der Waals surface area (Å²) < 4.78 is 18.6.